The lowest BCUT2D eigenvalue weighted by molar-refractivity contribution is 0.274. The maximum absolute atomic E-state index is 9.67. The van der Waals surface area contributed by atoms with E-state index in [1.165, 1.54) is 51.4 Å². The van der Waals surface area contributed by atoms with Gasteiger partial charge in [-0.1, -0.05) is 70.4 Å². The molecule has 0 atom stereocenters. The second-order valence-corrected chi connectivity index (χ2v) is 5.65. The third-order valence-electron chi connectivity index (χ3n) is 3.96. The Morgan fingerprint density at radius 2 is 1.45 bits per heavy atom. The Morgan fingerprint density at radius 3 is 2.05 bits per heavy atom. The van der Waals surface area contributed by atoms with Crippen LogP contribution >= 0.6 is 0 Å². The van der Waals surface area contributed by atoms with Crippen LogP contribution in [0.15, 0.2) is 18.2 Å². The molecule has 0 amide bonds. The van der Waals surface area contributed by atoms with Crippen molar-refractivity contribution in [3.05, 3.63) is 29.3 Å². The molecule has 1 aromatic carbocycles. The summed E-state index contributed by atoms with van der Waals surface area (Å²) in [5.41, 5.74) is 1.79. The first kappa shape index (κ1) is 17.0. The SMILES string of the molecule is CCCCCCCCCCCc1cccc(O)c1CO. The van der Waals surface area contributed by atoms with Crippen molar-refractivity contribution in [2.75, 3.05) is 0 Å². The first-order valence-corrected chi connectivity index (χ1v) is 8.20. The molecule has 0 fully saturated rings. The van der Waals surface area contributed by atoms with Crippen molar-refractivity contribution in [3.63, 3.8) is 0 Å². The lowest BCUT2D eigenvalue weighted by Crippen LogP contribution is -1.95. The third-order valence-corrected chi connectivity index (χ3v) is 3.96. The fourth-order valence-corrected chi connectivity index (χ4v) is 2.66. The average Bonchev–Trinajstić information content (AvgIpc) is 2.45. The Hall–Kier alpha value is -1.02. The summed E-state index contributed by atoms with van der Waals surface area (Å²) in [5, 5.41) is 19.0. The van der Waals surface area contributed by atoms with Crippen LogP contribution in [0.4, 0.5) is 0 Å². The molecule has 0 spiro atoms. The predicted molar refractivity (Wildman–Crippen MR) is 85.0 cm³/mol. The molecule has 0 aromatic heterocycles. The van der Waals surface area contributed by atoms with Gasteiger partial charge in [0.15, 0.2) is 0 Å². The standard InChI is InChI=1S/C18H30O2/c1-2-3-4-5-6-7-8-9-10-12-16-13-11-14-18(20)17(16)15-19/h11,13-14,19-20H,2-10,12,15H2,1H3. The highest BCUT2D eigenvalue weighted by Gasteiger charge is 2.05. The van der Waals surface area contributed by atoms with E-state index in [0.717, 1.165) is 18.4 Å². The fraction of sp³-hybridized carbons (Fsp3) is 0.667. The maximum Gasteiger partial charge on any atom is 0.121 e. The number of aromatic hydroxyl groups is 1. The molecular formula is C18H30O2. The molecule has 2 nitrogen and oxygen atoms in total. The molecular weight excluding hydrogens is 248 g/mol. The van der Waals surface area contributed by atoms with E-state index in [0.29, 0.717) is 5.56 Å². The molecule has 0 heterocycles. The van der Waals surface area contributed by atoms with Crippen molar-refractivity contribution >= 4 is 0 Å². The zero-order valence-electron chi connectivity index (χ0n) is 12.9. The van der Waals surface area contributed by atoms with E-state index in [-0.39, 0.29) is 12.4 Å². The van der Waals surface area contributed by atoms with Gasteiger partial charge in [0.2, 0.25) is 0 Å². The molecule has 0 aliphatic rings. The third kappa shape index (κ3) is 6.42. The molecule has 0 aliphatic carbocycles. The minimum absolute atomic E-state index is 0.0700. The molecule has 0 aliphatic heterocycles. The molecule has 0 radical (unpaired) electrons. The molecule has 2 heteroatoms. The number of aliphatic hydroxyl groups excluding tert-OH is 1. The van der Waals surface area contributed by atoms with Gasteiger partial charge in [-0.25, -0.2) is 0 Å². The van der Waals surface area contributed by atoms with Gasteiger partial charge in [-0.2, -0.15) is 0 Å². The summed E-state index contributed by atoms with van der Waals surface area (Å²) in [6.07, 6.45) is 12.8. The second kappa shape index (κ2) is 10.7. The van der Waals surface area contributed by atoms with Crippen molar-refractivity contribution in [2.45, 2.75) is 77.7 Å². The van der Waals surface area contributed by atoms with E-state index >= 15 is 0 Å². The normalized spacial score (nSPS) is 10.9. The number of unbranched alkanes of at least 4 members (excludes halogenated alkanes) is 8. The van der Waals surface area contributed by atoms with Crippen molar-refractivity contribution in [3.8, 4) is 5.75 Å². The molecule has 2 N–H and O–H groups in total. The largest absolute Gasteiger partial charge is 0.508 e. The Labute approximate surface area is 123 Å². The van der Waals surface area contributed by atoms with Gasteiger partial charge >= 0.3 is 0 Å². The van der Waals surface area contributed by atoms with Gasteiger partial charge in [0.05, 0.1) is 6.61 Å². The maximum atomic E-state index is 9.67. The molecule has 0 saturated heterocycles. The van der Waals surface area contributed by atoms with E-state index in [1.807, 2.05) is 12.1 Å². The monoisotopic (exact) mass is 278 g/mol. The van der Waals surface area contributed by atoms with Gasteiger partial charge < -0.3 is 10.2 Å². The Kier molecular flexibility index (Phi) is 9.14. The van der Waals surface area contributed by atoms with Crippen LogP contribution in [0, 0.1) is 0 Å². The highest BCUT2D eigenvalue weighted by atomic mass is 16.3. The zero-order chi connectivity index (χ0) is 14.6. The minimum Gasteiger partial charge on any atom is -0.508 e. The van der Waals surface area contributed by atoms with Crippen molar-refractivity contribution in [1.29, 1.82) is 0 Å². The highest BCUT2D eigenvalue weighted by molar-refractivity contribution is 5.38. The number of rotatable bonds is 11. The Morgan fingerprint density at radius 1 is 0.850 bits per heavy atom. The van der Waals surface area contributed by atoms with Crippen LogP contribution in [-0.2, 0) is 13.0 Å². The fourth-order valence-electron chi connectivity index (χ4n) is 2.66. The molecule has 0 saturated carbocycles. The summed E-state index contributed by atoms with van der Waals surface area (Å²) in [7, 11) is 0. The molecule has 114 valence electrons. The number of hydrogen-bond donors (Lipinski definition) is 2. The second-order valence-electron chi connectivity index (χ2n) is 5.65. The van der Waals surface area contributed by atoms with Gasteiger partial charge in [-0.3, -0.25) is 0 Å². The van der Waals surface area contributed by atoms with E-state index in [4.69, 9.17) is 0 Å². The summed E-state index contributed by atoms with van der Waals surface area (Å²) in [5.74, 6) is 0.223. The van der Waals surface area contributed by atoms with Crippen LogP contribution in [0.1, 0.15) is 75.8 Å². The first-order chi connectivity index (χ1) is 9.79. The van der Waals surface area contributed by atoms with Crippen LogP contribution < -0.4 is 0 Å². The number of phenols is 1. The van der Waals surface area contributed by atoms with Crippen molar-refractivity contribution in [1.82, 2.24) is 0 Å². The zero-order valence-corrected chi connectivity index (χ0v) is 12.9. The summed E-state index contributed by atoms with van der Waals surface area (Å²) >= 11 is 0. The van der Waals surface area contributed by atoms with Crippen LogP contribution in [0.5, 0.6) is 5.75 Å². The topological polar surface area (TPSA) is 40.5 Å². The van der Waals surface area contributed by atoms with Gasteiger partial charge in [0, 0.05) is 5.56 Å². The van der Waals surface area contributed by atoms with E-state index < -0.39 is 0 Å². The lowest BCUT2D eigenvalue weighted by Gasteiger charge is -2.09. The molecule has 0 unspecified atom stereocenters. The molecule has 20 heavy (non-hydrogen) atoms. The van der Waals surface area contributed by atoms with Crippen LogP contribution in [-0.4, -0.2) is 10.2 Å². The van der Waals surface area contributed by atoms with Crippen LogP contribution in [0.3, 0.4) is 0 Å². The van der Waals surface area contributed by atoms with Crippen LogP contribution in [0.25, 0.3) is 0 Å². The minimum atomic E-state index is -0.0700. The van der Waals surface area contributed by atoms with E-state index in [2.05, 4.69) is 6.92 Å². The summed E-state index contributed by atoms with van der Waals surface area (Å²) < 4.78 is 0. The Balaban J connectivity index is 2.11. The van der Waals surface area contributed by atoms with E-state index in [1.54, 1.807) is 6.07 Å². The number of hydrogen-bond acceptors (Lipinski definition) is 2. The highest BCUT2D eigenvalue weighted by Crippen LogP contribution is 2.22. The van der Waals surface area contributed by atoms with Gasteiger partial charge in [-0.05, 0) is 24.5 Å². The number of aryl methyl sites for hydroxylation is 1. The first-order valence-electron chi connectivity index (χ1n) is 8.20. The quantitative estimate of drug-likeness (QED) is 0.562. The summed E-state index contributed by atoms with van der Waals surface area (Å²) in [4.78, 5) is 0. The lowest BCUT2D eigenvalue weighted by atomic mass is 10.00. The summed E-state index contributed by atoms with van der Waals surface area (Å²) in [6.45, 7) is 2.18. The van der Waals surface area contributed by atoms with Crippen LogP contribution in [0.2, 0.25) is 0 Å². The van der Waals surface area contributed by atoms with Gasteiger partial charge in [0.25, 0.3) is 0 Å². The molecule has 1 rings (SSSR count). The molecule has 0 bridgehead atoms. The summed E-state index contributed by atoms with van der Waals surface area (Å²) in [6, 6.07) is 5.51. The van der Waals surface area contributed by atoms with Crippen molar-refractivity contribution < 1.29 is 10.2 Å². The predicted octanol–water partition coefficient (Wildman–Crippen LogP) is 4.96. The van der Waals surface area contributed by atoms with Gasteiger partial charge in [-0.15, -0.1) is 0 Å². The van der Waals surface area contributed by atoms with E-state index in [9.17, 15) is 10.2 Å². The Bertz CT molecular complexity index is 360. The number of aliphatic hydroxyl groups is 1. The molecule has 1 aromatic rings. The van der Waals surface area contributed by atoms with Gasteiger partial charge in [0.1, 0.15) is 5.75 Å². The smallest absolute Gasteiger partial charge is 0.121 e. The average molecular weight is 278 g/mol. The number of benzene rings is 1. The van der Waals surface area contributed by atoms with Crippen molar-refractivity contribution in [2.24, 2.45) is 0 Å².